The number of nitrogens with two attached hydrogens (primary N) is 1. The number of rotatable bonds is 0. The first-order chi connectivity index (χ1) is 4.39. The first-order valence-electron chi connectivity index (χ1n) is 3.73. The van der Waals surface area contributed by atoms with E-state index in [0.717, 1.165) is 26.1 Å². The van der Waals surface area contributed by atoms with E-state index in [4.69, 9.17) is 10.5 Å². The first-order valence-corrected chi connectivity index (χ1v) is 3.73. The minimum atomic E-state index is 0. The van der Waals surface area contributed by atoms with E-state index >= 15 is 0 Å². The summed E-state index contributed by atoms with van der Waals surface area (Å²) in [5.41, 5.74) is 5.55. The van der Waals surface area contributed by atoms with Crippen LogP contribution in [-0.4, -0.2) is 19.3 Å². The Bertz CT molecular complexity index is 60.4. The van der Waals surface area contributed by atoms with Gasteiger partial charge in [0.15, 0.2) is 0 Å². The lowest BCUT2D eigenvalue weighted by Gasteiger charge is -2.16. The van der Waals surface area contributed by atoms with E-state index in [1.807, 2.05) is 13.8 Å². The normalized spacial score (nSPS) is 18.3. The average molecular weight is 153 g/mol. The summed E-state index contributed by atoms with van der Waals surface area (Å²) in [4.78, 5) is 0. The standard InChI is InChI=1S/C5H11NO.C2H6.FH.H2/c6-5-1-3-7-4-2-5;1-2;;/h5H,1-4,6H2;1-2H3;2*1H. The molecule has 2 N–H and O–H groups in total. The summed E-state index contributed by atoms with van der Waals surface area (Å²) in [5.74, 6) is 0. The summed E-state index contributed by atoms with van der Waals surface area (Å²) in [5, 5.41) is 0. The van der Waals surface area contributed by atoms with Gasteiger partial charge in [-0.05, 0) is 12.8 Å². The number of hydrogen-bond donors (Lipinski definition) is 1. The molecule has 1 heterocycles. The zero-order chi connectivity index (χ0) is 7.11. The van der Waals surface area contributed by atoms with Crippen LogP contribution >= 0.6 is 0 Å². The van der Waals surface area contributed by atoms with Crippen molar-refractivity contribution in [1.29, 1.82) is 0 Å². The van der Waals surface area contributed by atoms with Crippen molar-refractivity contribution in [2.45, 2.75) is 32.7 Å². The predicted octanol–water partition coefficient (Wildman–Crippen LogP) is 1.55. The van der Waals surface area contributed by atoms with Crippen molar-refractivity contribution in [2.75, 3.05) is 13.2 Å². The molecule has 0 radical (unpaired) electrons. The monoisotopic (exact) mass is 153 g/mol. The van der Waals surface area contributed by atoms with Crippen LogP contribution in [0.15, 0.2) is 0 Å². The topological polar surface area (TPSA) is 35.2 Å². The Balaban J connectivity index is -0.000000149. The summed E-state index contributed by atoms with van der Waals surface area (Å²) >= 11 is 0. The summed E-state index contributed by atoms with van der Waals surface area (Å²) in [7, 11) is 0. The highest BCUT2D eigenvalue weighted by Crippen LogP contribution is 2.01. The quantitative estimate of drug-likeness (QED) is 0.573. The maximum atomic E-state index is 5.55. The van der Waals surface area contributed by atoms with E-state index in [1.165, 1.54) is 0 Å². The number of hydrogen-bond acceptors (Lipinski definition) is 2. The van der Waals surface area contributed by atoms with Gasteiger partial charge < -0.3 is 10.5 Å². The highest BCUT2D eigenvalue weighted by molar-refractivity contribution is 4.63. The molecule has 0 amide bonds. The molecule has 0 aliphatic carbocycles. The van der Waals surface area contributed by atoms with E-state index in [2.05, 4.69) is 0 Å². The van der Waals surface area contributed by atoms with Crippen LogP contribution in [0.3, 0.4) is 0 Å². The minimum Gasteiger partial charge on any atom is -0.381 e. The maximum Gasteiger partial charge on any atom is 0.0480 e. The fraction of sp³-hybridized carbons (Fsp3) is 1.00. The Morgan fingerprint density at radius 2 is 1.70 bits per heavy atom. The largest absolute Gasteiger partial charge is 0.381 e. The van der Waals surface area contributed by atoms with Crippen LogP contribution in [0.5, 0.6) is 0 Å². The van der Waals surface area contributed by atoms with Crippen LogP contribution in [0.25, 0.3) is 0 Å². The van der Waals surface area contributed by atoms with Gasteiger partial charge in [-0.25, -0.2) is 0 Å². The Morgan fingerprint density at radius 1 is 1.30 bits per heavy atom. The summed E-state index contributed by atoms with van der Waals surface area (Å²) < 4.78 is 5.06. The molecule has 10 heavy (non-hydrogen) atoms. The van der Waals surface area contributed by atoms with E-state index < -0.39 is 0 Å². The molecule has 2 nitrogen and oxygen atoms in total. The lowest BCUT2D eigenvalue weighted by molar-refractivity contribution is 0.0866. The zero-order valence-corrected chi connectivity index (χ0v) is 6.80. The van der Waals surface area contributed by atoms with Crippen LogP contribution in [0, 0.1) is 0 Å². The van der Waals surface area contributed by atoms with Gasteiger partial charge in [-0.2, -0.15) is 0 Å². The van der Waals surface area contributed by atoms with Gasteiger partial charge in [0, 0.05) is 20.7 Å². The molecule has 1 saturated heterocycles. The first kappa shape index (κ1) is 12.5. The Labute approximate surface area is 63.6 Å². The fourth-order valence-electron chi connectivity index (χ4n) is 0.716. The summed E-state index contributed by atoms with van der Waals surface area (Å²) in [6.45, 7) is 5.72. The molecule has 0 atom stereocenters. The molecule has 0 unspecified atom stereocenters. The van der Waals surface area contributed by atoms with Gasteiger partial charge in [0.05, 0.1) is 0 Å². The van der Waals surface area contributed by atoms with Gasteiger partial charge in [-0.3, -0.25) is 4.70 Å². The third kappa shape index (κ3) is 5.98. The molecule has 0 saturated carbocycles. The van der Waals surface area contributed by atoms with Gasteiger partial charge in [0.25, 0.3) is 0 Å². The minimum absolute atomic E-state index is 0. The van der Waals surface area contributed by atoms with Crippen molar-refractivity contribution in [3.63, 3.8) is 0 Å². The average Bonchev–Trinajstić information content (AvgIpc) is 1.94. The van der Waals surface area contributed by atoms with Crippen LogP contribution < -0.4 is 5.73 Å². The van der Waals surface area contributed by atoms with E-state index in [9.17, 15) is 0 Å². The third-order valence-corrected chi connectivity index (χ3v) is 1.27. The van der Waals surface area contributed by atoms with Crippen LogP contribution in [-0.2, 0) is 4.74 Å². The molecular weight excluding hydrogens is 133 g/mol. The molecule has 66 valence electrons. The van der Waals surface area contributed by atoms with Crippen molar-refractivity contribution in [3.8, 4) is 0 Å². The van der Waals surface area contributed by atoms with Crippen LogP contribution in [0.2, 0.25) is 0 Å². The lowest BCUT2D eigenvalue weighted by Crippen LogP contribution is -2.28. The highest BCUT2D eigenvalue weighted by atomic mass is 19.0. The van der Waals surface area contributed by atoms with Crippen molar-refractivity contribution in [2.24, 2.45) is 5.73 Å². The van der Waals surface area contributed by atoms with Crippen molar-refractivity contribution < 1.29 is 10.9 Å². The van der Waals surface area contributed by atoms with Gasteiger partial charge >= 0.3 is 0 Å². The molecule has 3 heteroatoms. The SMILES string of the molecule is CC.F.NC1CCOCC1.[HH]. The van der Waals surface area contributed by atoms with Crippen LogP contribution in [0.4, 0.5) is 4.70 Å². The van der Waals surface area contributed by atoms with E-state index in [-0.39, 0.29) is 6.13 Å². The van der Waals surface area contributed by atoms with Gasteiger partial charge in [0.1, 0.15) is 0 Å². The van der Waals surface area contributed by atoms with Gasteiger partial charge in [-0.1, -0.05) is 13.8 Å². The van der Waals surface area contributed by atoms with Crippen molar-refractivity contribution >= 4 is 0 Å². The van der Waals surface area contributed by atoms with Crippen molar-refractivity contribution in [3.05, 3.63) is 0 Å². The smallest absolute Gasteiger partial charge is 0.0480 e. The molecule has 0 aromatic carbocycles. The molecule has 1 fully saturated rings. The van der Waals surface area contributed by atoms with Gasteiger partial charge in [-0.15, -0.1) is 0 Å². The second kappa shape index (κ2) is 8.85. The fourth-order valence-corrected chi connectivity index (χ4v) is 0.716. The molecule has 0 aromatic rings. The van der Waals surface area contributed by atoms with Crippen molar-refractivity contribution in [1.82, 2.24) is 0 Å². The van der Waals surface area contributed by atoms with E-state index in [1.54, 1.807) is 0 Å². The Hall–Kier alpha value is -0.150. The van der Waals surface area contributed by atoms with E-state index in [0.29, 0.717) is 6.04 Å². The number of halogens is 1. The highest BCUT2D eigenvalue weighted by Gasteiger charge is 2.06. The molecule has 0 bridgehead atoms. The molecule has 0 aromatic heterocycles. The second-order valence-electron chi connectivity index (χ2n) is 1.95. The Kier molecular flexibility index (Phi) is 11.1. The third-order valence-electron chi connectivity index (χ3n) is 1.27. The molecule has 0 spiro atoms. The Morgan fingerprint density at radius 3 is 1.90 bits per heavy atom. The maximum absolute atomic E-state index is 5.55. The zero-order valence-electron chi connectivity index (χ0n) is 6.80. The van der Waals surface area contributed by atoms with Gasteiger partial charge in [0.2, 0.25) is 0 Å². The molecule has 1 rings (SSSR count). The van der Waals surface area contributed by atoms with Crippen LogP contribution in [0.1, 0.15) is 28.1 Å². The second-order valence-corrected chi connectivity index (χ2v) is 1.95. The molecular formula is C7H20FNO. The number of ether oxygens (including phenoxy) is 1. The molecule has 1 aliphatic heterocycles. The lowest BCUT2D eigenvalue weighted by atomic mass is 10.1. The summed E-state index contributed by atoms with van der Waals surface area (Å²) in [6, 6.07) is 0.411. The summed E-state index contributed by atoms with van der Waals surface area (Å²) in [6.07, 6.45) is 2.08. The molecule has 1 aliphatic rings. The predicted molar refractivity (Wildman–Crippen MR) is 44.0 cm³/mol.